The highest BCUT2D eigenvalue weighted by Gasteiger charge is 2.51. The van der Waals surface area contributed by atoms with Crippen molar-refractivity contribution in [2.24, 2.45) is 17.3 Å². The fourth-order valence-electron chi connectivity index (χ4n) is 4.18. The van der Waals surface area contributed by atoms with E-state index >= 15 is 0 Å². The zero-order chi connectivity index (χ0) is 13.6. The van der Waals surface area contributed by atoms with Crippen molar-refractivity contribution in [3.8, 4) is 0 Å². The van der Waals surface area contributed by atoms with Crippen molar-refractivity contribution in [1.29, 1.82) is 0 Å². The van der Waals surface area contributed by atoms with Crippen LogP contribution in [0.15, 0.2) is 12.2 Å². The minimum atomic E-state index is -0.890. The van der Waals surface area contributed by atoms with E-state index in [1.165, 1.54) is 0 Å². The SMILES string of the molecule is C=C(C(=O)O)[C@@H]1CC[C@@]2(C)CCC[C@@](C)(O)[C@H]2C1. The Hall–Kier alpha value is -0.830. The number of aliphatic hydroxyl groups is 1. The molecule has 2 fully saturated rings. The van der Waals surface area contributed by atoms with E-state index < -0.39 is 11.6 Å². The number of carbonyl (C=O) groups is 1. The first kappa shape index (κ1) is 13.6. The molecule has 0 spiro atoms. The fourth-order valence-corrected chi connectivity index (χ4v) is 4.18. The topological polar surface area (TPSA) is 57.5 Å². The van der Waals surface area contributed by atoms with Crippen LogP contribution in [0.25, 0.3) is 0 Å². The van der Waals surface area contributed by atoms with Gasteiger partial charge in [0.2, 0.25) is 0 Å². The van der Waals surface area contributed by atoms with Gasteiger partial charge in [0.1, 0.15) is 0 Å². The Morgan fingerprint density at radius 2 is 1.94 bits per heavy atom. The Bertz CT molecular complexity index is 372. The van der Waals surface area contributed by atoms with Gasteiger partial charge in [0.25, 0.3) is 0 Å². The highest BCUT2D eigenvalue weighted by molar-refractivity contribution is 5.86. The van der Waals surface area contributed by atoms with Crippen molar-refractivity contribution in [1.82, 2.24) is 0 Å². The molecule has 18 heavy (non-hydrogen) atoms. The zero-order valence-electron chi connectivity index (χ0n) is 11.4. The van der Waals surface area contributed by atoms with Crippen LogP contribution in [-0.2, 0) is 4.79 Å². The van der Waals surface area contributed by atoms with Crippen molar-refractivity contribution in [3.63, 3.8) is 0 Å². The molecule has 0 aromatic rings. The quantitative estimate of drug-likeness (QED) is 0.743. The summed E-state index contributed by atoms with van der Waals surface area (Å²) < 4.78 is 0. The molecule has 2 saturated carbocycles. The number of hydrogen-bond acceptors (Lipinski definition) is 2. The fraction of sp³-hybridized carbons (Fsp3) is 0.800. The molecule has 0 amide bonds. The summed E-state index contributed by atoms with van der Waals surface area (Å²) in [6, 6.07) is 0. The van der Waals surface area contributed by atoms with E-state index in [1.807, 2.05) is 6.92 Å². The van der Waals surface area contributed by atoms with Crippen LogP contribution in [0, 0.1) is 17.3 Å². The monoisotopic (exact) mass is 252 g/mol. The third kappa shape index (κ3) is 2.20. The number of carboxylic acid groups (broad SMARTS) is 1. The molecule has 0 radical (unpaired) electrons. The molecule has 102 valence electrons. The van der Waals surface area contributed by atoms with Crippen molar-refractivity contribution in [3.05, 3.63) is 12.2 Å². The van der Waals surface area contributed by atoms with Crippen LogP contribution in [0.4, 0.5) is 0 Å². The lowest BCUT2D eigenvalue weighted by molar-refractivity contribution is -0.137. The largest absolute Gasteiger partial charge is 0.478 e. The van der Waals surface area contributed by atoms with E-state index in [-0.39, 0.29) is 17.3 Å². The minimum absolute atomic E-state index is 0.0325. The lowest BCUT2D eigenvalue weighted by atomic mass is 9.53. The van der Waals surface area contributed by atoms with E-state index in [0.717, 1.165) is 38.5 Å². The highest BCUT2D eigenvalue weighted by Crippen LogP contribution is 2.56. The van der Waals surface area contributed by atoms with Crippen molar-refractivity contribution in [2.45, 2.75) is 58.0 Å². The van der Waals surface area contributed by atoms with Crippen LogP contribution >= 0.6 is 0 Å². The summed E-state index contributed by atoms with van der Waals surface area (Å²) in [5, 5.41) is 19.7. The molecule has 3 nitrogen and oxygen atoms in total. The molecule has 0 aromatic heterocycles. The molecule has 0 saturated heterocycles. The Morgan fingerprint density at radius 1 is 1.28 bits per heavy atom. The third-order valence-electron chi connectivity index (χ3n) is 5.37. The first-order valence-corrected chi connectivity index (χ1v) is 6.91. The van der Waals surface area contributed by atoms with Gasteiger partial charge in [-0.1, -0.05) is 19.9 Å². The summed E-state index contributed by atoms with van der Waals surface area (Å²) in [4.78, 5) is 11.0. The number of aliphatic carboxylic acids is 1. The van der Waals surface area contributed by atoms with Gasteiger partial charge in [-0.05, 0) is 56.3 Å². The Morgan fingerprint density at radius 3 is 2.56 bits per heavy atom. The number of rotatable bonds is 2. The summed E-state index contributed by atoms with van der Waals surface area (Å²) in [5.41, 5.74) is -0.153. The molecule has 2 N–H and O–H groups in total. The molecule has 0 bridgehead atoms. The molecule has 0 heterocycles. The lowest BCUT2D eigenvalue weighted by Crippen LogP contribution is -2.51. The first-order chi connectivity index (χ1) is 8.26. The maximum absolute atomic E-state index is 11.0. The standard InChI is InChI=1S/C15H24O3/c1-10(13(16)17)11-5-8-14(2)6-4-7-15(3,18)12(14)9-11/h11-12,18H,1,4-9H2,2-3H3,(H,16,17)/t11-,12+,14-,15-/m1/s1. The van der Waals surface area contributed by atoms with E-state index in [4.69, 9.17) is 5.11 Å². The van der Waals surface area contributed by atoms with E-state index in [9.17, 15) is 9.90 Å². The second-order valence-electron chi connectivity index (χ2n) is 6.72. The van der Waals surface area contributed by atoms with Crippen LogP contribution in [0.2, 0.25) is 0 Å². The van der Waals surface area contributed by atoms with Gasteiger partial charge in [-0.15, -0.1) is 0 Å². The molecule has 2 rings (SSSR count). The second-order valence-corrected chi connectivity index (χ2v) is 6.72. The maximum Gasteiger partial charge on any atom is 0.331 e. The van der Waals surface area contributed by atoms with E-state index in [2.05, 4.69) is 13.5 Å². The maximum atomic E-state index is 11.0. The van der Waals surface area contributed by atoms with Gasteiger partial charge in [-0.2, -0.15) is 0 Å². The molecular formula is C15H24O3. The molecule has 3 heteroatoms. The van der Waals surface area contributed by atoms with Crippen LogP contribution in [-0.4, -0.2) is 21.8 Å². The summed E-state index contributed by atoms with van der Waals surface area (Å²) in [6.07, 6.45) is 5.73. The molecule has 0 aliphatic heterocycles. The lowest BCUT2D eigenvalue weighted by Gasteiger charge is -2.54. The predicted octanol–water partition coefficient (Wildman–Crippen LogP) is 2.98. The summed E-state index contributed by atoms with van der Waals surface area (Å²) in [6.45, 7) is 7.88. The van der Waals surface area contributed by atoms with Crippen LogP contribution in [0.1, 0.15) is 52.4 Å². The van der Waals surface area contributed by atoms with Gasteiger partial charge in [0.05, 0.1) is 5.60 Å². The zero-order valence-corrected chi connectivity index (χ0v) is 11.4. The molecule has 4 atom stereocenters. The Kier molecular flexibility index (Phi) is 3.30. The van der Waals surface area contributed by atoms with Gasteiger partial charge in [0, 0.05) is 5.57 Å². The van der Waals surface area contributed by atoms with Gasteiger partial charge in [-0.25, -0.2) is 4.79 Å². The average Bonchev–Trinajstić information content (AvgIpc) is 2.27. The third-order valence-corrected chi connectivity index (χ3v) is 5.37. The summed E-state index contributed by atoms with van der Waals surface area (Å²) in [5.74, 6) is -0.655. The van der Waals surface area contributed by atoms with Gasteiger partial charge in [0.15, 0.2) is 0 Å². The Labute approximate surface area is 109 Å². The number of hydrogen-bond donors (Lipinski definition) is 2. The Balaban J connectivity index is 2.19. The summed E-state index contributed by atoms with van der Waals surface area (Å²) in [7, 11) is 0. The molecule has 0 aromatic carbocycles. The van der Waals surface area contributed by atoms with Crippen molar-refractivity contribution < 1.29 is 15.0 Å². The molecule has 2 aliphatic rings. The van der Waals surface area contributed by atoms with Crippen LogP contribution < -0.4 is 0 Å². The normalized spacial score (nSPS) is 44.2. The van der Waals surface area contributed by atoms with Gasteiger partial charge < -0.3 is 10.2 Å². The minimum Gasteiger partial charge on any atom is -0.478 e. The van der Waals surface area contributed by atoms with Crippen molar-refractivity contribution in [2.75, 3.05) is 0 Å². The number of fused-ring (bicyclic) bond motifs is 1. The molecular weight excluding hydrogens is 228 g/mol. The van der Waals surface area contributed by atoms with Gasteiger partial charge >= 0.3 is 5.97 Å². The second kappa shape index (κ2) is 4.37. The molecule has 0 unspecified atom stereocenters. The van der Waals surface area contributed by atoms with Crippen LogP contribution in [0.3, 0.4) is 0 Å². The predicted molar refractivity (Wildman–Crippen MR) is 70.2 cm³/mol. The van der Waals surface area contributed by atoms with E-state index in [1.54, 1.807) is 0 Å². The molecule has 2 aliphatic carbocycles. The number of carboxylic acids is 1. The van der Waals surface area contributed by atoms with Crippen molar-refractivity contribution >= 4 is 5.97 Å². The van der Waals surface area contributed by atoms with Gasteiger partial charge in [-0.3, -0.25) is 0 Å². The van der Waals surface area contributed by atoms with Crippen LogP contribution in [0.5, 0.6) is 0 Å². The average molecular weight is 252 g/mol. The highest BCUT2D eigenvalue weighted by atomic mass is 16.4. The summed E-state index contributed by atoms with van der Waals surface area (Å²) >= 11 is 0. The smallest absolute Gasteiger partial charge is 0.331 e. The van der Waals surface area contributed by atoms with E-state index in [0.29, 0.717) is 5.57 Å². The first-order valence-electron chi connectivity index (χ1n) is 6.91.